The Hall–Kier alpha value is -1.10. The molecule has 3 N–H and O–H groups in total. The van der Waals surface area contributed by atoms with E-state index in [2.05, 4.69) is 4.74 Å². The summed E-state index contributed by atoms with van der Waals surface area (Å²) in [4.78, 5) is 20.8. The van der Waals surface area contributed by atoms with Gasteiger partial charge in [0.05, 0.1) is 6.61 Å². The summed E-state index contributed by atoms with van der Waals surface area (Å²) < 4.78 is 4.68. The summed E-state index contributed by atoms with van der Waals surface area (Å²) in [5.41, 5.74) is 5.30. The van der Waals surface area contributed by atoms with Gasteiger partial charge in [0.1, 0.15) is 6.42 Å². The first-order valence-corrected chi connectivity index (χ1v) is 4.74. The van der Waals surface area contributed by atoms with Crippen molar-refractivity contribution in [3.8, 4) is 0 Å². The van der Waals surface area contributed by atoms with E-state index in [-0.39, 0.29) is 0 Å². The number of hydrogen-bond acceptors (Lipinski definition) is 4. The summed E-state index contributed by atoms with van der Waals surface area (Å²) in [7, 11) is 0. The number of carbonyl (C=O) groups excluding carboxylic acids is 1. The van der Waals surface area contributed by atoms with Crippen molar-refractivity contribution in [2.75, 3.05) is 13.2 Å². The zero-order valence-electron chi connectivity index (χ0n) is 8.20. The number of unbranched alkanes of at least 4 members (excludes halogenated alkanes) is 3. The van der Waals surface area contributed by atoms with Gasteiger partial charge in [0.25, 0.3) is 0 Å². The Morgan fingerprint density at radius 3 is 2.36 bits per heavy atom. The van der Waals surface area contributed by atoms with Crippen LogP contribution in [0.5, 0.6) is 0 Å². The number of carboxylic acid groups (broad SMARTS) is 1. The van der Waals surface area contributed by atoms with Crippen molar-refractivity contribution >= 4 is 11.9 Å². The van der Waals surface area contributed by atoms with E-state index in [0.29, 0.717) is 13.2 Å². The minimum absolute atomic E-state index is 0.302. The molecule has 0 amide bonds. The summed E-state index contributed by atoms with van der Waals surface area (Å²) in [6, 6.07) is 0. The summed E-state index contributed by atoms with van der Waals surface area (Å²) in [6.45, 7) is 0.982. The second kappa shape index (κ2) is 8.50. The molecule has 0 saturated heterocycles. The van der Waals surface area contributed by atoms with Crippen LogP contribution in [0.3, 0.4) is 0 Å². The van der Waals surface area contributed by atoms with E-state index < -0.39 is 18.4 Å². The smallest absolute Gasteiger partial charge is 0.317 e. The number of carboxylic acids is 1. The number of esters is 1. The van der Waals surface area contributed by atoms with Crippen molar-refractivity contribution in [2.45, 2.75) is 32.1 Å². The molecule has 0 heterocycles. The molecule has 5 nitrogen and oxygen atoms in total. The number of rotatable bonds is 8. The molecule has 0 aliphatic rings. The van der Waals surface area contributed by atoms with Gasteiger partial charge < -0.3 is 15.6 Å². The highest BCUT2D eigenvalue weighted by molar-refractivity contribution is 5.90. The summed E-state index contributed by atoms with van der Waals surface area (Å²) in [6.07, 6.45) is 3.17. The third kappa shape index (κ3) is 8.99. The van der Waals surface area contributed by atoms with Crippen molar-refractivity contribution in [2.24, 2.45) is 5.73 Å². The molecule has 0 fully saturated rings. The molecule has 0 aliphatic heterocycles. The molecule has 0 aromatic carbocycles. The highest BCUT2D eigenvalue weighted by Crippen LogP contribution is 1.99. The average Bonchev–Trinajstić information content (AvgIpc) is 2.10. The maximum absolute atomic E-state index is 10.7. The lowest BCUT2D eigenvalue weighted by molar-refractivity contribution is -0.151. The molecule has 0 aromatic rings. The monoisotopic (exact) mass is 203 g/mol. The number of aliphatic carboxylic acids is 1. The zero-order chi connectivity index (χ0) is 10.8. The van der Waals surface area contributed by atoms with Crippen LogP contribution in [-0.2, 0) is 14.3 Å². The lowest BCUT2D eigenvalue weighted by Gasteiger charge is -2.02. The Labute approximate surface area is 83.2 Å². The topological polar surface area (TPSA) is 89.6 Å². The van der Waals surface area contributed by atoms with Gasteiger partial charge in [0.15, 0.2) is 0 Å². The number of ether oxygens (including phenoxy) is 1. The predicted octanol–water partition coefficient (Wildman–Crippen LogP) is 0.523. The van der Waals surface area contributed by atoms with E-state index in [1.807, 2.05) is 0 Å². The SMILES string of the molecule is NCCCCCCOC(=O)CC(=O)O. The Balaban J connectivity index is 3.19. The molecule has 0 aliphatic carbocycles. The molecular formula is C9H17NO4. The van der Waals surface area contributed by atoms with Gasteiger partial charge in [-0.15, -0.1) is 0 Å². The van der Waals surface area contributed by atoms with Gasteiger partial charge in [-0.2, -0.15) is 0 Å². The molecule has 0 rings (SSSR count). The van der Waals surface area contributed by atoms with Crippen LogP contribution in [0.25, 0.3) is 0 Å². The first-order valence-electron chi connectivity index (χ1n) is 4.74. The molecule has 82 valence electrons. The lowest BCUT2D eigenvalue weighted by atomic mass is 10.2. The third-order valence-electron chi connectivity index (χ3n) is 1.66. The van der Waals surface area contributed by atoms with E-state index >= 15 is 0 Å². The van der Waals surface area contributed by atoms with Crippen molar-refractivity contribution in [3.63, 3.8) is 0 Å². The maximum atomic E-state index is 10.7. The van der Waals surface area contributed by atoms with Gasteiger partial charge in [0.2, 0.25) is 0 Å². The quantitative estimate of drug-likeness (QED) is 0.341. The van der Waals surface area contributed by atoms with Crippen molar-refractivity contribution < 1.29 is 19.4 Å². The van der Waals surface area contributed by atoms with E-state index in [9.17, 15) is 9.59 Å². The van der Waals surface area contributed by atoms with Crippen LogP contribution in [0.15, 0.2) is 0 Å². The van der Waals surface area contributed by atoms with Crippen LogP contribution in [0.2, 0.25) is 0 Å². The molecule has 5 heteroatoms. The molecule has 0 saturated carbocycles. The van der Waals surface area contributed by atoms with Gasteiger partial charge in [-0.1, -0.05) is 12.8 Å². The van der Waals surface area contributed by atoms with Crippen LogP contribution in [0.1, 0.15) is 32.1 Å². The second-order valence-electron chi connectivity index (χ2n) is 2.99. The predicted molar refractivity (Wildman–Crippen MR) is 50.7 cm³/mol. The average molecular weight is 203 g/mol. The highest BCUT2D eigenvalue weighted by atomic mass is 16.5. The van der Waals surface area contributed by atoms with E-state index in [4.69, 9.17) is 10.8 Å². The third-order valence-corrected chi connectivity index (χ3v) is 1.66. The van der Waals surface area contributed by atoms with Crippen LogP contribution in [0, 0.1) is 0 Å². The number of nitrogens with two attached hydrogens (primary N) is 1. The molecule has 0 spiro atoms. The lowest BCUT2D eigenvalue weighted by Crippen LogP contribution is -2.11. The fourth-order valence-electron chi connectivity index (χ4n) is 0.960. The van der Waals surface area contributed by atoms with Gasteiger partial charge in [-0.05, 0) is 19.4 Å². The highest BCUT2D eigenvalue weighted by Gasteiger charge is 2.07. The van der Waals surface area contributed by atoms with Gasteiger partial charge in [0, 0.05) is 0 Å². The molecule has 0 bridgehead atoms. The van der Waals surface area contributed by atoms with Crippen LogP contribution in [0.4, 0.5) is 0 Å². The van der Waals surface area contributed by atoms with Gasteiger partial charge in [-0.25, -0.2) is 0 Å². The Bertz CT molecular complexity index is 182. The molecule has 14 heavy (non-hydrogen) atoms. The summed E-state index contributed by atoms with van der Waals surface area (Å²) >= 11 is 0. The molecule has 0 aromatic heterocycles. The fraction of sp³-hybridized carbons (Fsp3) is 0.778. The zero-order valence-corrected chi connectivity index (χ0v) is 8.20. The Kier molecular flexibility index (Phi) is 7.83. The van der Waals surface area contributed by atoms with Crippen molar-refractivity contribution in [1.29, 1.82) is 0 Å². The Morgan fingerprint density at radius 2 is 1.79 bits per heavy atom. The van der Waals surface area contributed by atoms with Gasteiger partial charge >= 0.3 is 11.9 Å². The van der Waals surface area contributed by atoms with Crippen LogP contribution >= 0.6 is 0 Å². The standard InChI is InChI=1S/C9H17NO4/c10-5-3-1-2-4-6-14-9(13)7-8(11)12/h1-7,10H2,(H,11,12). The first kappa shape index (κ1) is 12.9. The van der Waals surface area contributed by atoms with E-state index in [1.54, 1.807) is 0 Å². The largest absolute Gasteiger partial charge is 0.481 e. The minimum atomic E-state index is -1.15. The summed E-state index contributed by atoms with van der Waals surface area (Å²) in [5.74, 6) is -1.82. The maximum Gasteiger partial charge on any atom is 0.317 e. The number of carbonyl (C=O) groups is 2. The van der Waals surface area contributed by atoms with Crippen LogP contribution in [-0.4, -0.2) is 30.2 Å². The molecule has 0 atom stereocenters. The van der Waals surface area contributed by atoms with E-state index in [0.717, 1.165) is 25.7 Å². The van der Waals surface area contributed by atoms with E-state index in [1.165, 1.54) is 0 Å². The molecule has 0 radical (unpaired) electrons. The molecular weight excluding hydrogens is 186 g/mol. The Morgan fingerprint density at radius 1 is 1.14 bits per heavy atom. The molecule has 0 unspecified atom stereocenters. The first-order chi connectivity index (χ1) is 6.66. The summed E-state index contributed by atoms with van der Waals surface area (Å²) in [5, 5.41) is 8.24. The normalized spacial score (nSPS) is 9.79. The van der Waals surface area contributed by atoms with Crippen LogP contribution < -0.4 is 5.73 Å². The van der Waals surface area contributed by atoms with Gasteiger partial charge in [-0.3, -0.25) is 9.59 Å². The fourth-order valence-corrected chi connectivity index (χ4v) is 0.960. The van der Waals surface area contributed by atoms with Crippen molar-refractivity contribution in [1.82, 2.24) is 0 Å². The minimum Gasteiger partial charge on any atom is -0.481 e. The second-order valence-corrected chi connectivity index (χ2v) is 2.99. The number of hydrogen-bond donors (Lipinski definition) is 2. The van der Waals surface area contributed by atoms with Crippen molar-refractivity contribution in [3.05, 3.63) is 0 Å².